The molecule has 2 N–H and O–H groups in total. The number of benzene rings is 1. The summed E-state index contributed by atoms with van der Waals surface area (Å²) in [5.41, 5.74) is 0.0307. The molecule has 0 aromatic heterocycles. The van der Waals surface area contributed by atoms with E-state index < -0.39 is 5.54 Å². The Morgan fingerprint density at radius 2 is 1.92 bits per heavy atom. The van der Waals surface area contributed by atoms with Gasteiger partial charge in [0.05, 0.1) is 6.42 Å². The van der Waals surface area contributed by atoms with Crippen LogP contribution in [0.25, 0.3) is 0 Å². The molecule has 1 atom stereocenters. The first-order valence-corrected chi connectivity index (χ1v) is 7.83. The SMILES string of the molecule is CC(=O)Nc1cccc(NC(=O)C2(C)CC(=O)N=C3C=CC=CN32)c1. The van der Waals surface area contributed by atoms with Crippen molar-refractivity contribution in [3.8, 4) is 0 Å². The van der Waals surface area contributed by atoms with Gasteiger partial charge in [-0.15, -0.1) is 0 Å². The molecule has 0 saturated carbocycles. The Kier molecular flexibility index (Phi) is 4.22. The Bertz CT molecular complexity index is 840. The molecule has 0 spiro atoms. The van der Waals surface area contributed by atoms with Gasteiger partial charge in [-0.2, -0.15) is 4.99 Å². The lowest BCUT2D eigenvalue weighted by molar-refractivity contribution is -0.130. The number of anilines is 2. The van der Waals surface area contributed by atoms with Gasteiger partial charge >= 0.3 is 0 Å². The quantitative estimate of drug-likeness (QED) is 0.882. The summed E-state index contributed by atoms with van der Waals surface area (Å²) in [6, 6.07) is 6.84. The molecule has 7 heteroatoms. The maximum Gasteiger partial charge on any atom is 0.250 e. The second-order valence-corrected chi connectivity index (χ2v) is 6.10. The van der Waals surface area contributed by atoms with Crippen LogP contribution >= 0.6 is 0 Å². The van der Waals surface area contributed by atoms with Crippen molar-refractivity contribution in [1.29, 1.82) is 0 Å². The number of allylic oxidation sites excluding steroid dienone is 2. The van der Waals surface area contributed by atoms with Crippen molar-refractivity contribution in [3.63, 3.8) is 0 Å². The summed E-state index contributed by atoms with van der Waals surface area (Å²) in [5, 5.41) is 5.49. The van der Waals surface area contributed by atoms with Crippen LogP contribution in [0.15, 0.2) is 53.7 Å². The van der Waals surface area contributed by atoms with Crippen molar-refractivity contribution >= 4 is 34.9 Å². The molecule has 0 bridgehead atoms. The number of amidine groups is 1. The molecule has 2 heterocycles. The number of carbonyl (C=O) groups is 3. The molecule has 7 nitrogen and oxygen atoms in total. The zero-order valence-electron chi connectivity index (χ0n) is 13.9. The summed E-state index contributed by atoms with van der Waals surface area (Å²) in [7, 11) is 0. The predicted molar refractivity (Wildman–Crippen MR) is 95.0 cm³/mol. The number of hydrogen-bond acceptors (Lipinski definition) is 4. The molecule has 1 aromatic rings. The number of carbonyl (C=O) groups excluding carboxylic acids is 3. The highest BCUT2D eigenvalue weighted by atomic mass is 16.2. The second kappa shape index (κ2) is 6.35. The molecule has 0 saturated heterocycles. The van der Waals surface area contributed by atoms with Gasteiger partial charge in [-0.05, 0) is 37.3 Å². The minimum absolute atomic E-state index is 0.0219. The van der Waals surface area contributed by atoms with Crippen molar-refractivity contribution in [1.82, 2.24) is 4.90 Å². The van der Waals surface area contributed by atoms with E-state index in [-0.39, 0.29) is 24.1 Å². The summed E-state index contributed by atoms with van der Waals surface area (Å²) in [5.74, 6) is -0.410. The van der Waals surface area contributed by atoms with Crippen molar-refractivity contribution in [3.05, 3.63) is 48.7 Å². The molecule has 3 amide bonds. The fourth-order valence-corrected chi connectivity index (χ4v) is 2.82. The number of nitrogens with one attached hydrogen (secondary N) is 2. The van der Waals surface area contributed by atoms with E-state index in [1.165, 1.54) is 6.92 Å². The third kappa shape index (κ3) is 3.35. The number of hydrogen-bond donors (Lipinski definition) is 2. The average Bonchev–Trinajstić information content (AvgIpc) is 2.54. The standard InChI is InChI=1S/C18H18N4O3/c1-12(23)19-13-6-5-7-14(10-13)20-17(25)18(2)11-16(24)21-15-8-3-4-9-22(15)18/h3-10H,11H2,1-2H3,(H,19,23)(H,20,25). The molecular weight excluding hydrogens is 320 g/mol. The smallest absolute Gasteiger partial charge is 0.250 e. The summed E-state index contributed by atoms with van der Waals surface area (Å²) in [4.78, 5) is 41.7. The van der Waals surface area contributed by atoms with E-state index in [1.807, 2.05) is 0 Å². The number of fused-ring (bicyclic) bond motifs is 1. The zero-order chi connectivity index (χ0) is 18.0. The Hall–Kier alpha value is -3.22. The highest BCUT2D eigenvalue weighted by Gasteiger charge is 2.45. The van der Waals surface area contributed by atoms with Gasteiger partial charge in [0, 0.05) is 24.5 Å². The minimum Gasteiger partial charge on any atom is -0.326 e. The van der Waals surface area contributed by atoms with Gasteiger partial charge in [-0.3, -0.25) is 14.4 Å². The number of nitrogens with zero attached hydrogens (tertiary/aromatic N) is 2. The van der Waals surface area contributed by atoms with Crippen LogP contribution in [0.1, 0.15) is 20.3 Å². The van der Waals surface area contributed by atoms with E-state index in [0.29, 0.717) is 17.2 Å². The topological polar surface area (TPSA) is 90.9 Å². The van der Waals surface area contributed by atoms with Crippen LogP contribution in [0.5, 0.6) is 0 Å². The summed E-state index contributed by atoms with van der Waals surface area (Å²) >= 11 is 0. The Morgan fingerprint density at radius 3 is 2.64 bits per heavy atom. The lowest BCUT2D eigenvalue weighted by Gasteiger charge is -2.41. The fraction of sp³-hybridized carbons (Fsp3) is 0.222. The third-order valence-electron chi connectivity index (χ3n) is 4.03. The molecule has 1 aromatic carbocycles. The molecule has 0 radical (unpaired) electrons. The monoisotopic (exact) mass is 338 g/mol. The summed E-state index contributed by atoms with van der Waals surface area (Å²) in [6.07, 6.45) is 6.96. The van der Waals surface area contributed by atoms with Gasteiger partial charge in [0.25, 0.3) is 11.8 Å². The lowest BCUT2D eigenvalue weighted by Crippen LogP contribution is -2.58. The predicted octanol–water partition coefficient (Wildman–Crippen LogP) is 2.06. The summed E-state index contributed by atoms with van der Waals surface area (Å²) in [6.45, 7) is 3.12. The molecular formula is C18H18N4O3. The van der Waals surface area contributed by atoms with Gasteiger partial charge in [0.15, 0.2) is 0 Å². The number of aliphatic imine (C=N–C) groups is 1. The van der Waals surface area contributed by atoms with Crippen molar-refractivity contribution < 1.29 is 14.4 Å². The fourth-order valence-electron chi connectivity index (χ4n) is 2.82. The van der Waals surface area contributed by atoms with E-state index in [9.17, 15) is 14.4 Å². The molecule has 25 heavy (non-hydrogen) atoms. The first kappa shape index (κ1) is 16.6. The van der Waals surface area contributed by atoms with E-state index in [1.54, 1.807) is 60.5 Å². The van der Waals surface area contributed by atoms with Crippen molar-refractivity contribution in [2.45, 2.75) is 25.8 Å². The van der Waals surface area contributed by atoms with Crippen LogP contribution in [0.2, 0.25) is 0 Å². The van der Waals surface area contributed by atoms with Gasteiger partial charge < -0.3 is 15.5 Å². The molecule has 2 aliphatic rings. The van der Waals surface area contributed by atoms with Gasteiger partial charge in [-0.1, -0.05) is 12.1 Å². The number of amides is 3. The van der Waals surface area contributed by atoms with E-state index in [4.69, 9.17) is 0 Å². The maximum absolute atomic E-state index is 12.9. The van der Waals surface area contributed by atoms with E-state index >= 15 is 0 Å². The van der Waals surface area contributed by atoms with Gasteiger partial charge in [-0.25, -0.2) is 0 Å². The van der Waals surface area contributed by atoms with Gasteiger partial charge in [0.2, 0.25) is 5.91 Å². The molecule has 2 aliphatic heterocycles. The molecule has 128 valence electrons. The number of rotatable bonds is 3. The lowest BCUT2D eigenvalue weighted by atomic mass is 9.91. The Balaban J connectivity index is 1.84. The van der Waals surface area contributed by atoms with Crippen LogP contribution in [-0.4, -0.2) is 34.0 Å². The molecule has 3 rings (SSSR count). The summed E-state index contributed by atoms with van der Waals surface area (Å²) < 4.78 is 0. The first-order chi connectivity index (χ1) is 11.9. The minimum atomic E-state index is -1.08. The Labute approximate surface area is 145 Å². The molecule has 0 fully saturated rings. The molecule has 1 unspecified atom stereocenters. The van der Waals surface area contributed by atoms with Crippen LogP contribution in [0, 0.1) is 0 Å². The highest BCUT2D eigenvalue weighted by Crippen LogP contribution is 2.29. The van der Waals surface area contributed by atoms with Crippen molar-refractivity contribution in [2.24, 2.45) is 4.99 Å². The van der Waals surface area contributed by atoms with E-state index in [2.05, 4.69) is 15.6 Å². The van der Waals surface area contributed by atoms with Crippen LogP contribution < -0.4 is 10.6 Å². The van der Waals surface area contributed by atoms with Crippen LogP contribution in [-0.2, 0) is 14.4 Å². The average molecular weight is 338 g/mol. The Morgan fingerprint density at radius 1 is 1.20 bits per heavy atom. The third-order valence-corrected chi connectivity index (χ3v) is 4.03. The normalized spacial score (nSPS) is 21.4. The first-order valence-electron chi connectivity index (χ1n) is 7.83. The largest absolute Gasteiger partial charge is 0.326 e. The van der Waals surface area contributed by atoms with Crippen LogP contribution in [0.4, 0.5) is 11.4 Å². The molecule has 0 aliphatic carbocycles. The second-order valence-electron chi connectivity index (χ2n) is 6.10. The van der Waals surface area contributed by atoms with Gasteiger partial charge in [0.1, 0.15) is 11.4 Å². The van der Waals surface area contributed by atoms with Crippen molar-refractivity contribution in [2.75, 3.05) is 10.6 Å². The van der Waals surface area contributed by atoms with E-state index in [0.717, 1.165) is 0 Å². The van der Waals surface area contributed by atoms with Crippen LogP contribution in [0.3, 0.4) is 0 Å². The maximum atomic E-state index is 12.9. The highest BCUT2D eigenvalue weighted by molar-refractivity contribution is 6.12. The zero-order valence-corrected chi connectivity index (χ0v) is 13.9.